The van der Waals surface area contributed by atoms with Crippen molar-refractivity contribution in [3.63, 3.8) is 0 Å². The summed E-state index contributed by atoms with van der Waals surface area (Å²) in [7, 11) is 0. The third-order valence-corrected chi connectivity index (χ3v) is 2.20. The first kappa shape index (κ1) is 12.6. The highest BCUT2D eigenvalue weighted by Gasteiger charge is 2.10. The largest absolute Gasteiger partial charge is 0.287 e. The molecule has 1 aromatic carbocycles. The summed E-state index contributed by atoms with van der Waals surface area (Å²) in [6, 6.07) is 15.1. The number of ketones is 1. The van der Waals surface area contributed by atoms with Gasteiger partial charge in [0.05, 0.1) is 0 Å². The van der Waals surface area contributed by atoms with Gasteiger partial charge in [-0.05, 0) is 0 Å². The Morgan fingerprint density at radius 1 is 0.938 bits per heavy atom. The molecule has 0 aliphatic rings. The molecule has 3 heteroatoms. The lowest BCUT2D eigenvalue weighted by atomic mass is 10.1. The zero-order valence-electron chi connectivity index (χ0n) is 8.74. The number of pyridine rings is 1. The first-order chi connectivity index (χ1) is 7.36. The average Bonchev–Trinajstić information content (AvgIpc) is 2.31. The Bertz CT molecular complexity index is 442. The quantitative estimate of drug-likeness (QED) is 0.624. The van der Waals surface area contributed by atoms with Gasteiger partial charge in [0.2, 0.25) is 12.3 Å². The SMILES string of the molecule is Br.O=C(C[n+]1ccccc1)c1ccccc1. The summed E-state index contributed by atoms with van der Waals surface area (Å²) in [5, 5.41) is 0. The van der Waals surface area contributed by atoms with E-state index in [2.05, 4.69) is 0 Å². The van der Waals surface area contributed by atoms with Gasteiger partial charge < -0.3 is 0 Å². The van der Waals surface area contributed by atoms with Gasteiger partial charge in [0.1, 0.15) is 0 Å². The lowest BCUT2D eigenvalue weighted by Crippen LogP contribution is -2.36. The zero-order chi connectivity index (χ0) is 10.5. The molecule has 16 heavy (non-hydrogen) atoms. The normalized spacial score (nSPS) is 9.25. The predicted molar refractivity (Wildman–Crippen MR) is 67.7 cm³/mol. The maximum absolute atomic E-state index is 11.8. The summed E-state index contributed by atoms with van der Waals surface area (Å²) in [6.07, 6.45) is 3.78. The van der Waals surface area contributed by atoms with Crippen molar-refractivity contribution in [2.24, 2.45) is 0 Å². The summed E-state index contributed by atoms with van der Waals surface area (Å²) < 4.78 is 1.87. The van der Waals surface area contributed by atoms with Gasteiger partial charge in [-0.15, -0.1) is 17.0 Å². The highest BCUT2D eigenvalue weighted by atomic mass is 79.9. The summed E-state index contributed by atoms with van der Waals surface area (Å²) in [5.41, 5.74) is 0.758. The van der Waals surface area contributed by atoms with Crippen LogP contribution in [-0.2, 0) is 6.54 Å². The molecule has 1 aromatic heterocycles. The predicted octanol–water partition coefficient (Wildman–Crippen LogP) is 2.43. The lowest BCUT2D eigenvalue weighted by molar-refractivity contribution is -0.683. The first-order valence-electron chi connectivity index (χ1n) is 4.88. The maximum atomic E-state index is 11.8. The Morgan fingerprint density at radius 3 is 2.12 bits per heavy atom. The van der Waals surface area contributed by atoms with E-state index in [1.165, 1.54) is 0 Å². The van der Waals surface area contributed by atoms with Gasteiger partial charge in [0, 0.05) is 17.7 Å². The second-order valence-corrected chi connectivity index (χ2v) is 3.34. The van der Waals surface area contributed by atoms with Gasteiger partial charge in [0.15, 0.2) is 12.4 Å². The molecule has 0 unspecified atom stereocenters. The summed E-state index contributed by atoms with van der Waals surface area (Å²) in [4.78, 5) is 11.8. The molecule has 1 heterocycles. The van der Waals surface area contributed by atoms with E-state index in [0.29, 0.717) is 6.54 Å². The zero-order valence-corrected chi connectivity index (χ0v) is 10.5. The second-order valence-electron chi connectivity index (χ2n) is 3.34. The topological polar surface area (TPSA) is 20.9 Å². The van der Waals surface area contributed by atoms with Crippen LogP contribution >= 0.6 is 17.0 Å². The number of halogens is 1. The van der Waals surface area contributed by atoms with E-state index in [-0.39, 0.29) is 22.8 Å². The Morgan fingerprint density at radius 2 is 1.50 bits per heavy atom. The van der Waals surface area contributed by atoms with Gasteiger partial charge in [-0.25, -0.2) is 0 Å². The van der Waals surface area contributed by atoms with Crippen molar-refractivity contribution in [2.75, 3.05) is 0 Å². The molecule has 0 saturated heterocycles. The van der Waals surface area contributed by atoms with Gasteiger partial charge in [-0.3, -0.25) is 4.79 Å². The van der Waals surface area contributed by atoms with Crippen molar-refractivity contribution in [1.29, 1.82) is 0 Å². The number of rotatable bonds is 3. The fourth-order valence-corrected chi connectivity index (χ4v) is 1.42. The Labute approximate surface area is 105 Å². The number of hydrogen-bond donors (Lipinski definition) is 0. The van der Waals surface area contributed by atoms with E-state index in [1.54, 1.807) is 0 Å². The third kappa shape index (κ3) is 3.28. The van der Waals surface area contributed by atoms with Crippen LogP contribution in [0.2, 0.25) is 0 Å². The molecule has 82 valence electrons. The average molecular weight is 279 g/mol. The molecule has 0 amide bonds. The molecule has 0 bridgehead atoms. The van der Waals surface area contributed by atoms with E-state index in [1.807, 2.05) is 65.5 Å². The summed E-state index contributed by atoms with van der Waals surface area (Å²) in [5.74, 6) is 0.131. The number of Topliss-reactive ketones (excluding diaryl/α,β-unsaturated/α-hetero) is 1. The summed E-state index contributed by atoms with van der Waals surface area (Å²) >= 11 is 0. The molecule has 0 radical (unpaired) electrons. The van der Waals surface area contributed by atoms with Crippen LogP contribution in [0.5, 0.6) is 0 Å². The fraction of sp³-hybridized carbons (Fsp3) is 0.0769. The first-order valence-corrected chi connectivity index (χ1v) is 4.88. The van der Waals surface area contributed by atoms with Crippen LogP contribution in [0.3, 0.4) is 0 Å². The Hall–Kier alpha value is -1.48. The van der Waals surface area contributed by atoms with Crippen molar-refractivity contribution < 1.29 is 9.36 Å². The van der Waals surface area contributed by atoms with Crippen LogP contribution in [-0.4, -0.2) is 5.78 Å². The van der Waals surface area contributed by atoms with Crippen LogP contribution in [0, 0.1) is 0 Å². The molecule has 0 spiro atoms. The van der Waals surface area contributed by atoms with Crippen molar-refractivity contribution in [3.05, 3.63) is 66.5 Å². The van der Waals surface area contributed by atoms with Crippen molar-refractivity contribution in [1.82, 2.24) is 0 Å². The highest BCUT2D eigenvalue weighted by Crippen LogP contribution is 1.99. The third-order valence-electron chi connectivity index (χ3n) is 2.20. The monoisotopic (exact) mass is 278 g/mol. The molecule has 2 nitrogen and oxygen atoms in total. The highest BCUT2D eigenvalue weighted by molar-refractivity contribution is 8.93. The minimum Gasteiger partial charge on any atom is -0.287 e. The minimum atomic E-state index is 0. The van der Waals surface area contributed by atoms with Crippen LogP contribution in [0.15, 0.2) is 60.9 Å². The number of carbonyl (C=O) groups excluding carboxylic acids is 1. The van der Waals surface area contributed by atoms with Crippen LogP contribution in [0.4, 0.5) is 0 Å². The van der Waals surface area contributed by atoms with Crippen molar-refractivity contribution >= 4 is 22.8 Å². The number of nitrogens with zero attached hydrogens (tertiary/aromatic N) is 1. The van der Waals surface area contributed by atoms with E-state index in [4.69, 9.17) is 0 Å². The molecule has 0 fully saturated rings. The van der Waals surface area contributed by atoms with E-state index in [0.717, 1.165) is 5.56 Å². The van der Waals surface area contributed by atoms with E-state index in [9.17, 15) is 4.79 Å². The lowest BCUT2D eigenvalue weighted by Gasteiger charge is -1.96. The van der Waals surface area contributed by atoms with Crippen LogP contribution < -0.4 is 4.57 Å². The Balaban J connectivity index is 0.00000128. The van der Waals surface area contributed by atoms with Crippen molar-refractivity contribution in [2.45, 2.75) is 6.54 Å². The van der Waals surface area contributed by atoms with Gasteiger partial charge in [0.25, 0.3) is 0 Å². The van der Waals surface area contributed by atoms with Gasteiger partial charge >= 0.3 is 0 Å². The smallest absolute Gasteiger partial charge is 0.227 e. The molecule has 0 atom stereocenters. The molecule has 2 rings (SSSR count). The molecule has 0 aliphatic carbocycles. The molecular formula is C13H13BrNO+. The van der Waals surface area contributed by atoms with Crippen molar-refractivity contribution in [3.8, 4) is 0 Å². The van der Waals surface area contributed by atoms with Gasteiger partial charge in [-0.2, -0.15) is 4.57 Å². The molecule has 0 saturated carbocycles. The van der Waals surface area contributed by atoms with Crippen LogP contribution in [0.1, 0.15) is 10.4 Å². The molecule has 2 aromatic rings. The summed E-state index contributed by atoms with van der Waals surface area (Å²) in [6.45, 7) is 0.394. The number of carbonyl (C=O) groups is 1. The minimum absolute atomic E-state index is 0. The molecule has 0 aliphatic heterocycles. The van der Waals surface area contributed by atoms with E-state index >= 15 is 0 Å². The number of aromatic nitrogens is 1. The Kier molecular flexibility index (Phi) is 4.86. The second kappa shape index (κ2) is 6.18. The van der Waals surface area contributed by atoms with E-state index < -0.39 is 0 Å². The fourth-order valence-electron chi connectivity index (χ4n) is 1.42. The number of benzene rings is 1. The number of hydrogen-bond acceptors (Lipinski definition) is 1. The maximum Gasteiger partial charge on any atom is 0.227 e. The van der Waals surface area contributed by atoms with Gasteiger partial charge in [-0.1, -0.05) is 36.4 Å². The van der Waals surface area contributed by atoms with Crippen LogP contribution in [0.25, 0.3) is 0 Å². The molecular weight excluding hydrogens is 266 g/mol. The molecule has 0 N–H and O–H groups in total. The standard InChI is InChI=1S/C13H12NO.BrH/c15-13(12-7-3-1-4-8-12)11-14-9-5-2-6-10-14;/h1-10H,11H2;1H/q+1;.